The molecule has 0 unspecified atom stereocenters. The molecule has 0 radical (unpaired) electrons. The Morgan fingerprint density at radius 2 is 2.00 bits per heavy atom. The molecule has 1 N–H and O–H groups in total. The van der Waals surface area contributed by atoms with Crippen molar-refractivity contribution in [3.63, 3.8) is 0 Å². The maximum Gasteiger partial charge on any atom is 0.196 e. The molecule has 7 nitrogen and oxygen atoms in total. The average molecular weight is 405 g/mol. The first-order valence-corrected chi connectivity index (χ1v) is 10.1. The first-order chi connectivity index (χ1) is 14.3. The molecule has 0 atom stereocenters. The standard InChI is InChI=1S/C21H19N5O2S/c1-2-28-17-9-7-16(8-10-17)26-20(15-5-3-11-22-13-15)24-25-21(26)29-14-19(27)18-6-4-12-23-18/h3-13,23H,2,14H2,1H3. The zero-order chi connectivity index (χ0) is 20.1. The van der Waals surface area contributed by atoms with E-state index in [0.717, 1.165) is 17.0 Å². The number of nitrogens with one attached hydrogen (secondary N) is 1. The molecule has 3 heterocycles. The molecule has 0 spiro atoms. The quantitative estimate of drug-likeness (QED) is 0.352. The smallest absolute Gasteiger partial charge is 0.196 e. The number of pyridine rings is 1. The van der Waals surface area contributed by atoms with E-state index < -0.39 is 0 Å². The number of carbonyl (C=O) groups is 1. The van der Waals surface area contributed by atoms with Gasteiger partial charge in [-0.3, -0.25) is 14.3 Å². The minimum absolute atomic E-state index is 0.00386. The lowest BCUT2D eigenvalue weighted by Crippen LogP contribution is -2.05. The van der Waals surface area contributed by atoms with Crippen molar-refractivity contribution >= 4 is 17.5 Å². The van der Waals surface area contributed by atoms with E-state index in [2.05, 4.69) is 20.2 Å². The van der Waals surface area contributed by atoms with Gasteiger partial charge < -0.3 is 9.72 Å². The van der Waals surface area contributed by atoms with Gasteiger partial charge in [0.2, 0.25) is 0 Å². The number of ketones is 1. The van der Waals surface area contributed by atoms with Gasteiger partial charge in [0.1, 0.15) is 5.75 Å². The minimum atomic E-state index is 0.00386. The number of hydrogen-bond acceptors (Lipinski definition) is 6. The van der Waals surface area contributed by atoms with Crippen molar-refractivity contribution < 1.29 is 9.53 Å². The lowest BCUT2D eigenvalue weighted by atomic mass is 10.2. The monoisotopic (exact) mass is 405 g/mol. The minimum Gasteiger partial charge on any atom is -0.494 e. The molecule has 29 heavy (non-hydrogen) atoms. The normalized spacial score (nSPS) is 10.8. The van der Waals surface area contributed by atoms with Gasteiger partial charge in [-0.1, -0.05) is 11.8 Å². The summed E-state index contributed by atoms with van der Waals surface area (Å²) in [7, 11) is 0. The van der Waals surface area contributed by atoms with Gasteiger partial charge in [0.25, 0.3) is 0 Å². The third-order valence-corrected chi connectivity index (χ3v) is 5.12. The fourth-order valence-corrected chi connectivity index (χ4v) is 3.68. The summed E-state index contributed by atoms with van der Waals surface area (Å²) in [4.78, 5) is 19.5. The second kappa shape index (κ2) is 8.74. The predicted molar refractivity (Wildman–Crippen MR) is 112 cm³/mol. The largest absolute Gasteiger partial charge is 0.494 e. The number of thioether (sulfide) groups is 1. The van der Waals surface area contributed by atoms with Crippen molar-refractivity contribution in [1.29, 1.82) is 0 Å². The Kier molecular flexibility index (Phi) is 5.71. The second-order valence-corrected chi connectivity index (χ2v) is 7.05. The van der Waals surface area contributed by atoms with Crippen LogP contribution in [0.25, 0.3) is 17.1 Å². The van der Waals surface area contributed by atoms with Gasteiger partial charge in [0.05, 0.1) is 18.1 Å². The third kappa shape index (κ3) is 4.22. The van der Waals surface area contributed by atoms with Crippen LogP contribution in [0.15, 0.2) is 72.3 Å². The van der Waals surface area contributed by atoms with Crippen LogP contribution in [0.1, 0.15) is 17.4 Å². The van der Waals surface area contributed by atoms with Crippen molar-refractivity contribution in [2.75, 3.05) is 12.4 Å². The molecule has 0 bridgehead atoms. The highest BCUT2D eigenvalue weighted by Crippen LogP contribution is 2.29. The molecule has 4 aromatic rings. The van der Waals surface area contributed by atoms with E-state index >= 15 is 0 Å². The van der Waals surface area contributed by atoms with E-state index in [0.29, 0.717) is 23.3 Å². The highest BCUT2D eigenvalue weighted by Gasteiger charge is 2.18. The summed E-state index contributed by atoms with van der Waals surface area (Å²) >= 11 is 1.35. The Bertz CT molecular complexity index is 1080. The van der Waals surface area contributed by atoms with Crippen LogP contribution in [-0.2, 0) is 0 Å². The number of ether oxygens (including phenoxy) is 1. The van der Waals surface area contributed by atoms with E-state index in [1.54, 1.807) is 30.7 Å². The number of H-pyrrole nitrogens is 1. The zero-order valence-electron chi connectivity index (χ0n) is 15.8. The van der Waals surface area contributed by atoms with Crippen LogP contribution in [0.2, 0.25) is 0 Å². The number of aromatic nitrogens is 5. The Hall–Kier alpha value is -3.39. The van der Waals surface area contributed by atoms with Crippen LogP contribution in [0.3, 0.4) is 0 Å². The molecule has 3 aromatic heterocycles. The lowest BCUT2D eigenvalue weighted by Gasteiger charge is -2.11. The number of hydrogen-bond donors (Lipinski definition) is 1. The average Bonchev–Trinajstić information content (AvgIpc) is 3.44. The number of carbonyl (C=O) groups excluding carboxylic acids is 1. The summed E-state index contributed by atoms with van der Waals surface area (Å²) in [5.41, 5.74) is 2.31. The van der Waals surface area contributed by atoms with Crippen molar-refractivity contribution in [2.24, 2.45) is 0 Å². The molecule has 0 aliphatic rings. The van der Waals surface area contributed by atoms with Crippen LogP contribution >= 0.6 is 11.8 Å². The number of benzene rings is 1. The van der Waals surface area contributed by atoms with Gasteiger partial charge in [-0.15, -0.1) is 10.2 Å². The van der Waals surface area contributed by atoms with Crippen LogP contribution in [0, 0.1) is 0 Å². The Morgan fingerprint density at radius 3 is 2.69 bits per heavy atom. The van der Waals surface area contributed by atoms with E-state index in [9.17, 15) is 4.79 Å². The number of aromatic amines is 1. The lowest BCUT2D eigenvalue weighted by molar-refractivity contribution is 0.101. The Balaban J connectivity index is 1.67. The fraction of sp³-hybridized carbons (Fsp3) is 0.143. The SMILES string of the molecule is CCOc1ccc(-n2c(SCC(=O)c3ccc[nH]3)nnc2-c2cccnc2)cc1. The molecule has 0 amide bonds. The highest BCUT2D eigenvalue weighted by molar-refractivity contribution is 7.99. The van der Waals surface area contributed by atoms with E-state index in [1.807, 2.05) is 47.9 Å². The maximum atomic E-state index is 12.4. The number of Topliss-reactive ketones (excluding diaryl/α,β-unsaturated/α-hetero) is 1. The first kappa shape index (κ1) is 18.9. The van der Waals surface area contributed by atoms with Crippen LogP contribution in [-0.4, -0.2) is 42.9 Å². The molecule has 0 aliphatic heterocycles. The molecule has 4 rings (SSSR count). The van der Waals surface area contributed by atoms with E-state index in [4.69, 9.17) is 4.74 Å². The van der Waals surface area contributed by atoms with Crippen LogP contribution < -0.4 is 4.74 Å². The molecule has 1 aromatic carbocycles. The van der Waals surface area contributed by atoms with E-state index in [1.165, 1.54) is 11.8 Å². The highest BCUT2D eigenvalue weighted by atomic mass is 32.2. The summed E-state index contributed by atoms with van der Waals surface area (Å²) in [6.07, 6.45) is 5.19. The summed E-state index contributed by atoms with van der Waals surface area (Å²) in [6, 6.07) is 15.1. The van der Waals surface area contributed by atoms with Gasteiger partial charge in [0.15, 0.2) is 16.8 Å². The van der Waals surface area contributed by atoms with Crippen molar-refractivity contribution in [3.05, 3.63) is 72.8 Å². The Morgan fingerprint density at radius 1 is 1.14 bits per heavy atom. The number of nitrogens with zero attached hydrogens (tertiary/aromatic N) is 4. The first-order valence-electron chi connectivity index (χ1n) is 9.14. The van der Waals surface area contributed by atoms with E-state index in [-0.39, 0.29) is 11.5 Å². The van der Waals surface area contributed by atoms with Crippen LogP contribution in [0.4, 0.5) is 0 Å². The topological polar surface area (TPSA) is 85.7 Å². The molecule has 0 aliphatic carbocycles. The van der Waals surface area contributed by atoms with Gasteiger partial charge in [0, 0.05) is 29.8 Å². The summed E-state index contributed by atoms with van der Waals surface area (Å²) in [5, 5.41) is 9.33. The van der Waals surface area contributed by atoms with Gasteiger partial charge in [-0.2, -0.15) is 0 Å². The molecule has 0 fully saturated rings. The van der Waals surface area contributed by atoms with Gasteiger partial charge in [-0.25, -0.2) is 0 Å². The fourth-order valence-electron chi connectivity index (χ4n) is 2.85. The molecular formula is C21H19N5O2S. The Labute approximate surface area is 172 Å². The van der Waals surface area contributed by atoms with Crippen molar-refractivity contribution in [1.82, 2.24) is 24.7 Å². The van der Waals surface area contributed by atoms with Gasteiger partial charge >= 0.3 is 0 Å². The summed E-state index contributed by atoms with van der Waals surface area (Å²) < 4.78 is 7.47. The molecule has 0 saturated heterocycles. The van der Waals surface area contributed by atoms with Crippen molar-refractivity contribution in [2.45, 2.75) is 12.1 Å². The summed E-state index contributed by atoms with van der Waals surface area (Å²) in [5.74, 6) is 1.72. The zero-order valence-corrected chi connectivity index (χ0v) is 16.6. The summed E-state index contributed by atoms with van der Waals surface area (Å²) in [6.45, 7) is 2.55. The molecule has 146 valence electrons. The molecule has 8 heteroatoms. The van der Waals surface area contributed by atoms with Crippen LogP contribution in [0.5, 0.6) is 5.75 Å². The van der Waals surface area contributed by atoms with Crippen molar-refractivity contribution in [3.8, 4) is 22.8 Å². The number of rotatable bonds is 8. The maximum absolute atomic E-state index is 12.4. The molecular weight excluding hydrogens is 386 g/mol. The third-order valence-electron chi connectivity index (χ3n) is 4.19. The predicted octanol–water partition coefficient (Wildman–Crippen LogP) is 4.03. The van der Waals surface area contributed by atoms with Gasteiger partial charge in [-0.05, 0) is 55.5 Å². The second-order valence-electron chi connectivity index (χ2n) is 6.11. The molecule has 0 saturated carbocycles.